The number of ether oxygens (including phenoxy) is 4. The van der Waals surface area contributed by atoms with Gasteiger partial charge in [0.05, 0.1) is 51.0 Å². The maximum absolute atomic E-state index is 15.3. The van der Waals surface area contributed by atoms with Gasteiger partial charge in [-0.15, -0.1) is 12.4 Å². The number of nitrogens with zero attached hydrogens (tertiary/aromatic N) is 17. The first-order valence-corrected chi connectivity index (χ1v) is 33.0. The molecule has 103 heavy (non-hydrogen) atoms. The number of aromatic nitrogens is 15. The van der Waals surface area contributed by atoms with E-state index in [0.717, 1.165) is 51.6 Å². The monoisotopic (exact) mass is 1420 g/mol. The van der Waals surface area contributed by atoms with Crippen LogP contribution in [0.5, 0.6) is 34.9 Å². The van der Waals surface area contributed by atoms with Crippen molar-refractivity contribution in [3.05, 3.63) is 164 Å². The van der Waals surface area contributed by atoms with Gasteiger partial charge in [0.15, 0.2) is 16.9 Å². The molecular formula is C72H71ClF3N21O6. The molecule has 12 heterocycles. The Morgan fingerprint density at radius 2 is 0.874 bits per heavy atom. The van der Waals surface area contributed by atoms with Gasteiger partial charge in [0.1, 0.15) is 76.4 Å². The normalized spacial score (nSPS) is 15.9. The minimum atomic E-state index is -0.762. The van der Waals surface area contributed by atoms with Crippen LogP contribution in [0.25, 0.3) is 66.9 Å². The van der Waals surface area contributed by atoms with Gasteiger partial charge >= 0.3 is 6.09 Å². The van der Waals surface area contributed by atoms with Gasteiger partial charge in [-0.1, -0.05) is 60.5 Å². The second-order valence-corrected chi connectivity index (χ2v) is 25.1. The molecule has 27 nitrogen and oxygen atoms in total. The highest BCUT2D eigenvalue weighted by Crippen LogP contribution is 2.40. The number of likely N-dealkylation sites (tertiary alicyclic amines) is 2. The fourth-order valence-electron chi connectivity index (χ4n) is 12.3. The Kier molecular flexibility index (Phi) is 21.4. The number of nitrogen functional groups attached to an aromatic ring is 3. The van der Waals surface area contributed by atoms with Crippen molar-refractivity contribution in [1.29, 1.82) is 0 Å². The van der Waals surface area contributed by atoms with E-state index in [0.29, 0.717) is 82.2 Å². The number of amides is 2. The highest BCUT2D eigenvalue weighted by molar-refractivity contribution is 6.00. The molecule has 0 spiro atoms. The Morgan fingerprint density at radius 3 is 1.23 bits per heavy atom. The second kappa shape index (κ2) is 31.2. The van der Waals surface area contributed by atoms with Gasteiger partial charge in [-0.2, -0.15) is 43.4 Å². The number of para-hydroxylation sites is 3. The largest absolute Gasteiger partial charge is 0.444 e. The molecule has 0 unspecified atom stereocenters. The third kappa shape index (κ3) is 15.9. The first kappa shape index (κ1) is 70.8. The fourth-order valence-corrected chi connectivity index (χ4v) is 12.3. The molecular weight excluding hydrogens is 1350 g/mol. The number of carbonyl (C=O) groups excluding carboxylic acids is 2. The molecule has 31 heteroatoms. The number of piperidine rings is 3. The molecule has 3 atom stereocenters. The molecule has 12 aromatic rings. The van der Waals surface area contributed by atoms with Crippen LogP contribution in [0.2, 0.25) is 0 Å². The van der Waals surface area contributed by atoms with Crippen molar-refractivity contribution in [3.8, 4) is 80.5 Å². The van der Waals surface area contributed by atoms with Crippen LogP contribution >= 0.6 is 12.4 Å². The average Bonchev–Trinajstić information content (AvgIpc) is 1.63. The highest BCUT2D eigenvalue weighted by Gasteiger charge is 2.34. The van der Waals surface area contributed by atoms with E-state index in [2.05, 4.69) is 62.0 Å². The number of pyridine rings is 3. The zero-order chi connectivity index (χ0) is 71.0. The Hall–Kier alpha value is -12.1. The van der Waals surface area contributed by atoms with Crippen LogP contribution in [-0.2, 0) is 9.53 Å². The van der Waals surface area contributed by atoms with Crippen LogP contribution in [0.1, 0.15) is 84.3 Å². The summed E-state index contributed by atoms with van der Waals surface area (Å²) in [7, 11) is 0. The van der Waals surface area contributed by atoms with Gasteiger partial charge < -0.3 is 51.3 Å². The topological polar surface area (TPSA) is 337 Å². The molecule has 0 aliphatic carbocycles. The van der Waals surface area contributed by atoms with Gasteiger partial charge in [0.25, 0.3) is 5.91 Å². The van der Waals surface area contributed by atoms with Crippen LogP contribution in [0.3, 0.4) is 0 Å². The number of fused-ring (bicyclic) bond motifs is 3. The lowest BCUT2D eigenvalue weighted by atomic mass is 10.1. The van der Waals surface area contributed by atoms with E-state index in [9.17, 15) is 9.59 Å². The molecule has 3 aliphatic heterocycles. The molecule has 3 aromatic carbocycles. The van der Waals surface area contributed by atoms with Gasteiger partial charge in [-0.25, -0.2) is 48.7 Å². The van der Waals surface area contributed by atoms with E-state index in [1.165, 1.54) is 19.0 Å². The Bertz CT molecular complexity index is 5090. The van der Waals surface area contributed by atoms with E-state index < -0.39 is 23.4 Å². The third-order valence-corrected chi connectivity index (χ3v) is 17.0. The lowest BCUT2D eigenvalue weighted by Gasteiger charge is -2.34. The average molecular weight is 1420 g/mol. The lowest BCUT2D eigenvalue weighted by molar-refractivity contribution is -0.126. The second-order valence-electron chi connectivity index (χ2n) is 25.1. The zero-order valence-electron chi connectivity index (χ0n) is 56.4. The SMILES string of the molecule is CC#CC(=O)N1CCC[C@@H](n2nc(-c3ccc(Oc4ccccc4)nc3F)c3c(N)ncnc32)C1.CC(C)(C)OC(=O)N1CCC[C@@H](n2nc(-c3ccc(Oc4ccccc4)nc3F)c3c(N)ncnc32)C1.Cl.Nc1ncnc2c1c(-c1ccc(Oc3ccccc3)nc1F)nn2[C@@H]1CCCNC1. The summed E-state index contributed by atoms with van der Waals surface area (Å²) < 4.78 is 73.2. The number of carbonyl (C=O) groups is 2. The number of hydrogen-bond donors (Lipinski definition) is 4. The summed E-state index contributed by atoms with van der Waals surface area (Å²) in [6.45, 7) is 10.9. The first-order chi connectivity index (χ1) is 49.4. The summed E-state index contributed by atoms with van der Waals surface area (Å²) in [6.07, 6.45) is 8.76. The van der Waals surface area contributed by atoms with Crippen molar-refractivity contribution in [1.82, 2.24) is 89.3 Å². The number of halogens is 4. The molecule has 2 amide bonds. The van der Waals surface area contributed by atoms with E-state index >= 15 is 13.2 Å². The number of anilines is 3. The van der Waals surface area contributed by atoms with E-state index in [-0.39, 0.29) is 106 Å². The van der Waals surface area contributed by atoms with Crippen molar-refractivity contribution in [2.75, 3.05) is 56.5 Å². The predicted molar refractivity (Wildman–Crippen MR) is 381 cm³/mol. The first-order valence-electron chi connectivity index (χ1n) is 33.0. The minimum absolute atomic E-state index is 0. The molecule has 0 bridgehead atoms. The molecule has 3 saturated heterocycles. The summed E-state index contributed by atoms with van der Waals surface area (Å²) in [5.74, 6) is 5.46. The van der Waals surface area contributed by atoms with Crippen LogP contribution in [-0.4, -0.2) is 141 Å². The molecule has 3 fully saturated rings. The molecule has 7 N–H and O–H groups in total. The number of rotatable bonds is 12. The lowest BCUT2D eigenvalue weighted by Crippen LogP contribution is -2.43. The molecule has 0 saturated carbocycles. The summed E-state index contributed by atoms with van der Waals surface area (Å²) in [5.41, 5.74) is 20.9. The van der Waals surface area contributed by atoms with Crippen LogP contribution in [0.15, 0.2) is 146 Å². The smallest absolute Gasteiger partial charge is 0.410 e. The standard InChI is InChI=1S/C26H28FN7O3.C25H22FN7O2.C21H20FN7O.ClH/c1-26(2,3)37-25(35)33-13-7-8-16(14-33)34-24-20(23(28)29-15-30-24)21(32-34)18-11-12-19(31-22(18)27)36-17-9-5-4-6-10-17;1-2-7-20(34)32-13-6-8-16(14-32)33-25-21(24(27)28-15-29-25)22(31-33)18-11-12-19(30-23(18)26)35-17-9-4-3-5-10-17;22-19-15(8-9-16(27-19)30-14-6-2-1-3-7-14)18-17-20(23)25-12-26-21(17)29(28-18)13-5-4-10-24-11-13;/h4-6,9-12,15-16H,7-8,13-14H2,1-3H3,(H2,28,29,30);3-5,9-12,15-16H,6,8,13-14H2,1H3,(H2,27,28,29);1-3,6-9,12-13,24H,4-5,10-11H2,(H2,23,25,26);1H/t2*16-;13-;/m111./s1. The van der Waals surface area contributed by atoms with E-state index in [1.807, 2.05) is 80.1 Å². The summed E-state index contributed by atoms with van der Waals surface area (Å²) in [5, 5.41) is 18.9. The van der Waals surface area contributed by atoms with Crippen molar-refractivity contribution in [3.63, 3.8) is 0 Å². The Labute approximate surface area is 594 Å². The summed E-state index contributed by atoms with van der Waals surface area (Å²) in [4.78, 5) is 65.8. The fraction of sp³-hybridized carbons (Fsp3) is 0.278. The number of nitrogens with two attached hydrogens (primary N) is 3. The quantitative estimate of drug-likeness (QED) is 0.0652. The summed E-state index contributed by atoms with van der Waals surface area (Å²) >= 11 is 0. The maximum atomic E-state index is 15.3. The highest BCUT2D eigenvalue weighted by atomic mass is 35.5. The van der Waals surface area contributed by atoms with Crippen molar-refractivity contribution < 1.29 is 41.7 Å². The molecule has 528 valence electrons. The van der Waals surface area contributed by atoms with Crippen LogP contribution < -0.4 is 36.7 Å². The van der Waals surface area contributed by atoms with E-state index in [4.69, 9.17) is 51.4 Å². The van der Waals surface area contributed by atoms with E-state index in [1.54, 1.807) is 98.9 Å². The zero-order valence-corrected chi connectivity index (χ0v) is 57.2. The molecule has 15 rings (SSSR count). The van der Waals surface area contributed by atoms with Gasteiger partial charge in [-0.3, -0.25) is 4.79 Å². The molecule has 0 radical (unpaired) electrons. The number of benzene rings is 3. The van der Waals surface area contributed by atoms with Gasteiger partial charge in [0, 0.05) is 50.9 Å². The van der Waals surface area contributed by atoms with Gasteiger partial charge in [0.2, 0.25) is 35.5 Å². The number of hydrogen-bond acceptors (Lipinski definition) is 22. The summed E-state index contributed by atoms with van der Waals surface area (Å²) in [6, 6.07) is 36.3. The van der Waals surface area contributed by atoms with Gasteiger partial charge in [-0.05, 0) is 133 Å². The minimum Gasteiger partial charge on any atom is -0.444 e. The molecule has 3 aliphatic rings. The Morgan fingerprint density at radius 1 is 0.505 bits per heavy atom. The van der Waals surface area contributed by atoms with Crippen molar-refractivity contribution in [2.24, 2.45) is 0 Å². The van der Waals surface area contributed by atoms with Crippen molar-refractivity contribution >= 4 is 75.0 Å². The number of nitrogens with one attached hydrogen (secondary N) is 1. The van der Waals surface area contributed by atoms with Crippen LogP contribution in [0.4, 0.5) is 35.4 Å². The van der Waals surface area contributed by atoms with Crippen LogP contribution in [0, 0.1) is 29.7 Å². The maximum Gasteiger partial charge on any atom is 0.410 e. The van der Waals surface area contributed by atoms with Crippen molar-refractivity contribution in [2.45, 2.75) is 89.9 Å². The Balaban J connectivity index is 0.000000146. The third-order valence-electron chi connectivity index (χ3n) is 17.0. The molecule has 9 aromatic heterocycles. The predicted octanol–water partition coefficient (Wildman–Crippen LogP) is 12.3.